The summed E-state index contributed by atoms with van der Waals surface area (Å²) in [6, 6.07) is 13.3. The summed E-state index contributed by atoms with van der Waals surface area (Å²) in [4.78, 5) is 17.1. The number of carbonyl (C=O) groups is 1. The molecule has 1 saturated heterocycles. The van der Waals surface area contributed by atoms with Gasteiger partial charge in [0.2, 0.25) is 0 Å². The Morgan fingerprint density at radius 2 is 2.26 bits per heavy atom. The molecule has 1 aliphatic rings. The minimum Gasteiger partial charge on any atom is -0.487 e. The van der Waals surface area contributed by atoms with Gasteiger partial charge in [-0.3, -0.25) is 4.79 Å². The lowest BCUT2D eigenvalue weighted by Crippen LogP contribution is -2.50. The summed E-state index contributed by atoms with van der Waals surface area (Å²) in [5.41, 5.74) is 2.35. The quantitative estimate of drug-likeness (QED) is 0.730. The Hall–Kier alpha value is -2.86. The molecule has 1 amide bonds. The second-order valence-corrected chi connectivity index (χ2v) is 7.06. The molecule has 2 N–H and O–H groups in total. The zero-order chi connectivity index (χ0) is 18.6. The van der Waals surface area contributed by atoms with Crippen molar-refractivity contribution in [2.45, 2.75) is 26.0 Å². The second kappa shape index (κ2) is 7.80. The molecule has 1 fully saturated rings. The van der Waals surface area contributed by atoms with Crippen molar-refractivity contribution in [3.63, 3.8) is 0 Å². The number of hydrogen-bond acceptors (Lipinski definition) is 4. The van der Waals surface area contributed by atoms with E-state index in [-0.39, 0.29) is 11.9 Å². The molecule has 0 spiro atoms. The molecule has 2 atom stereocenters. The molecule has 2 unspecified atom stereocenters. The number of ether oxygens (including phenoxy) is 1. The van der Waals surface area contributed by atoms with Crippen LogP contribution in [0.15, 0.2) is 54.9 Å². The van der Waals surface area contributed by atoms with Gasteiger partial charge in [0.15, 0.2) is 0 Å². The minimum absolute atomic E-state index is 0.0614. The predicted octanol–water partition coefficient (Wildman–Crippen LogP) is 2.64. The van der Waals surface area contributed by atoms with Crippen LogP contribution in [0.25, 0.3) is 5.65 Å². The Bertz CT molecular complexity index is 904. The van der Waals surface area contributed by atoms with Gasteiger partial charge in [0.05, 0.1) is 5.69 Å². The molecule has 140 valence electrons. The van der Waals surface area contributed by atoms with Crippen LogP contribution in [-0.4, -0.2) is 34.4 Å². The molecular formula is C21H24N4O2. The molecular weight excluding hydrogens is 340 g/mol. The van der Waals surface area contributed by atoms with Gasteiger partial charge in [-0.05, 0) is 49.2 Å². The van der Waals surface area contributed by atoms with Gasteiger partial charge in [-0.2, -0.15) is 0 Å². The third-order valence-corrected chi connectivity index (χ3v) is 5.04. The van der Waals surface area contributed by atoms with Gasteiger partial charge in [-0.25, -0.2) is 4.98 Å². The predicted molar refractivity (Wildman–Crippen MR) is 104 cm³/mol. The van der Waals surface area contributed by atoms with Crippen molar-refractivity contribution >= 4 is 11.6 Å². The zero-order valence-electron chi connectivity index (χ0n) is 15.4. The molecule has 27 heavy (non-hydrogen) atoms. The summed E-state index contributed by atoms with van der Waals surface area (Å²) >= 11 is 0. The van der Waals surface area contributed by atoms with E-state index in [1.54, 1.807) is 6.07 Å². The summed E-state index contributed by atoms with van der Waals surface area (Å²) in [5.74, 6) is 1.08. The zero-order valence-corrected chi connectivity index (χ0v) is 15.4. The molecule has 0 saturated carbocycles. The first-order chi connectivity index (χ1) is 13.2. The van der Waals surface area contributed by atoms with Gasteiger partial charge >= 0.3 is 0 Å². The van der Waals surface area contributed by atoms with Crippen LogP contribution in [0.5, 0.6) is 5.75 Å². The Morgan fingerprint density at radius 3 is 3.11 bits per heavy atom. The summed E-state index contributed by atoms with van der Waals surface area (Å²) in [6.45, 7) is 4.37. The first-order valence-electron chi connectivity index (χ1n) is 9.36. The smallest absolute Gasteiger partial charge is 0.251 e. The lowest BCUT2D eigenvalue weighted by molar-refractivity contribution is 0.0914. The Labute approximate surface area is 158 Å². The number of carbonyl (C=O) groups excluding carboxylic acids is 1. The number of rotatable bonds is 5. The van der Waals surface area contributed by atoms with Crippen LogP contribution in [0, 0.1) is 5.92 Å². The number of aromatic nitrogens is 2. The maximum absolute atomic E-state index is 12.6. The van der Waals surface area contributed by atoms with Crippen molar-refractivity contribution in [3.05, 3.63) is 66.1 Å². The van der Waals surface area contributed by atoms with Crippen LogP contribution in [0.3, 0.4) is 0 Å². The number of imidazole rings is 1. The largest absolute Gasteiger partial charge is 0.487 e. The topological polar surface area (TPSA) is 67.7 Å². The monoisotopic (exact) mass is 364 g/mol. The molecule has 6 heteroatoms. The van der Waals surface area contributed by atoms with Crippen molar-refractivity contribution in [1.29, 1.82) is 0 Å². The van der Waals surface area contributed by atoms with Gasteiger partial charge in [0, 0.05) is 30.5 Å². The average molecular weight is 364 g/mol. The Kier molecular flexibility index (Phi) is 5.07. The number of hydrogen-bond donors (Lipinski definition) is 2. The van der Waals surface area contributed by atoms with E-state index in [1.165, 1.54) is 0 Å². The molecule has 1 aliphatic heterocycles. The number of piperidine rings is 1. The third-order valence-electron chi connectivity index (χ3n) is 5.04. The fourth-order valence-electron chi connectivity index (χ4n) is 3.38. The fraction of sp³-hybridized carbons (Fsp3) is 0.333. The molecule has 0 aliphatic carbocycles. The summed E-state index contributed by atoms with van der Waals surface area (Å²) in [5, 5.41) is 6.47. The number of amides is 1. The van der Waals surface area contributed by atoms with E-state index in [0.717, 1.165) is 30.9 Å². The number of nitrogens with zero attached hydrogens (tertiary/aromatic N) is 2. The maximum atomic E-state index is 12.6. The molecule has 4 rings (SSSR count). The van der Waals surface area contributed by atoms with Crippen LogP contribution in [-0.2, 0) is 6.61 Å². The molecule has 1 aromatic carbocycles. The van der Waals surface area contributed by atoms with Crippen molar-refractivity contribution < 1.29 is 9.53 Å². The van der Waals surface area contributed by atoms with Gasteiger partial charge in [-0.1, -0.05) is 19.1 Å². The van der Waals surface area contributed by atoms with Crippen LogP contribution < -0.4 is 15.4 Å². The fourth-order valence-corrected chi connectivity index (χ4v) is 3.38. The second-order valence-electron chi connectivity index (χ2n) is 7.06. The highest BCUT2D eigenvalue weighted by Gasteiger charge is 2.23. The van der Waals surface area contributed by atoms with E-state index < -0.39 is 0 Å². The molecule has 0 bridgehead atoms. The number of pyridine rings is 1. The van der Waals surface area contributed by atoms with E-state index in [2.05, 4.69) is 22.5 Å². The van der Waals surface area contributed by atoms with E-state index >= 15 is 0 Å². The molecule has 0 radical (unpaired) electrons. The number of fused-ring (bicyclic) bond motifs is 1. The lowest BCUT2D eigenvalue weighted by Gasteiger charge is -2.30. The van der Waals surface area contributed by atoms with Crippen LogP contribution in [0.2, 0.25) is 0 Å². The summed E-state index contributed by atoms with van der Waals surface area (Å²) < 4.78 is 7.82. The number of nitrogens with one attached hydrogen (secondary N) is 2. The standard InChI is InChI=1S/C21H24N4O2/c1-15-8-9-22-12-19(15)24-21(26)16-5-4-6-18(11-16)27-14-17-13-25-10-3-2-7-20(25)23-17/h2-7,10-11,13,15,19,22H,8-9,12,14H2,1H3,(H,24,26). The van der Waals surface area contributed by atoms with Crippen molar-refractivity contribution in [3.8, 4) is 5.75 Å². The Balaban J connectivity index is 1.40. The highest BCUT2D eigenvalue weighted by Crippen LogP contribution is 2.17. The van der Waals surface area contributed by atoms with Crippen LogP contribution in [0.1, 0.15) is 29.4 Å². The first kappa shape index (κ1) is 17.5. The molecule has 3 heterocycles. The molecule has 6 nitrogen and oxygen atoms in total. The maximum Gasteiger partial charge on any atom is 0.251 e. The number of benzene rings is 1. The van der Waals surface area contributed by atoms with Crippen LogP contribution >= 0.6 is 0 Å². The Morgan fingerprint density at radius 1 is 1.33 bits per heavy atom. The van der Waals surface area contributed by atoms with Gasteiger partial charge in [0.25, 0.3) is 5.91 Å². The molecule has 2 aromatic heterocycles. The summed E-state index contributed by atoms with van der Waals surface area (Å²) in [7, 11) is 0. The average Bonchev–Trinajstić information content (AvgIpc) is 3.11. The minimum atomic E-state index is -0.0614. The van der Waals surface area contributed by atoms with E-state index in [1.807, 2.05) is 53.2 Å². The van der Waals surface area contributed by atoms with Gasteiger partial charge < -0.3 is 19.8 Å². The highest BCUT2D eigenvalue weighted by atomic mass is 16.5. The lowest BCUT2D eigenvalue weighted by atomic mass is 9.94. The van der Waals surface area contributed by atoms with Crippen molar-refractivity contribution in [2.75, 3.05) is 13.1 Å². The molecule has 3 aromatic rings. The van der Waals surface area contributed by atoms with E-state index in [0.29, 0.717) is 23.8 Å². The van der Waals surface area contributed by atoms with E-state index in [4.69, 9.17) is 4.74 Å². The van der Waals surface area contributed by atoms with E-state index in [9.17, 15) is 4.79 Å². The van der Waals surface area contributed by atoms with Crippen molar-refractivity contribution in [1.82, 2.24) is 20.0 Å². The van der Waals surface area contributed by atoms with Crippen LogP contribution in [0.4, 0.5) is 0 Å². The normalized spacial score (nSPS) is 19.7. The summed E-state index contributed by atoms with van der Waals surface area (Å²) in [6.07, 6.45) is 4.98. The van der Waals surface area contributed by atoms with Gasteiger partial charge in [0.1, 0.15) is 18.0 Å². The SMILES string of the molecule is CC1CCNCC1NC(=O)c1cccc(OCc2cn3ccccc3n2)c1. The highest BCUT2D eigenvalue weighted by molar-refractivity contribution is 5.94. The van der Waals surface area contributed by atoms with Crippen molar-refractivity contribution in [2.24, 2.45) is 5.92 Å². The third kappa shape index (κ3) is 4.11. The van der Waals surface area contributed by atoms with Gasteiger partial charge in [-0.15, -0.1) is 0 Å². The first-order valence-corrected chi connectivity index (χ1v) is 9.36.